The van der Waals surface area contributed by atoms with Gasteiger partial charge in [-0.05, 0) is 32.1 Å². The summed E-state index contributed by atoms with van der Waals surface area (Å²) in [6.07, 6.45) is 21.2. The van der Waals surface area contributed by atoms with Crippen LogP contribution in [0.4, 0.5) is 17.8 Å². The third-order valence-corrected chi connectivity index (χ3v) is 4.34. The molecule has 0 bridgehead atoms. The summed E-state index contributed by atoms with van der Waals surface area (Å²) >= 11 is 0. The molecule has 7 N–H and O–H groups in total. The molecule has 0 amide bonds. The van der Waals surface area contributed by atoms with E-state index in [1.165, 1.54) is 70.6 Å². The van der Waals surface area contributed by atoms with Gasteiger partial charge in [0, 0.05) is 6.42 Å². The Hall–Kier alpha value is -2.38. The van der Waals surface area contributed by atoms with Gasteiger partial charge in [-0.1, -0.05) is 70.4 Å². The first-order chi connectivity index (χ1) is 14.0. The van der Waals surface area contributed by atoms with Gasteiger partial charge in [-0.25, -0.2) is 0 Å². The summed E-state index contributed by atoms with van der Waals surface area (Å²) in [5.74, 6) is -0.539. The highest BCUT2D eigenvalue weighted by Crippen LogP contribution is 2.09. The smallest absolute Gasteiger partial charge is 0.303 e. The molecular formula is C21H40N6O2. The molecule has 8 heteroatoms. The van der Waals surface area contributed by atoms with Crippen LogP contribution in [0.25, 0.3) is 0 Å². The molecule has 0 aliphatic rings. The molecular weight excluding hydrogens is 368 g/mol. The van der Waals surface area contributed by atoms with Crippen molar-refractivity contribution in [2.24, 2.45) is 0 Å². The van der Waals surface area contributed by atoms with Crippen molar-refractivity contribution in [3.63, 3.8) is 0 Å². The lowest BCUT2D eigenvalue weighted by Crippen LogP contribution is -2.05. The number of hydrogen-bond donors (Lipinski definition) is 4. The number of carbonyl (C=O) groups is 1. The number of unbranched alkanes of at least 4 members (excludes halogenated alkanes) is 11. The third kappa shape index (κ3) is 20.2. The molecule has 0 saturated carbocycles. The number of nitrogens with zero attached hydrogens (tertiary/aromatic N) is 3. The lowest BCUT2D eigenvalue weighted by Gasteiger charge is -1.99. The minimum atomic E-state index is -0.664. The van der Waals surface area contributed by atoms with E-state index in [1.54, 1.807) is 0 Å². The maximum Gasteiger partial charge on any atom is 0.303 e. The van der Waals surface area contributed by atoms with E-state index < -0.39 is 5.97 Å². The third-order valence-electron chi connectivity index (χ3n) is 4.34. The fourth-order valence-corrected chi connectivity index (χ4v) is 2.77. The summed E-state index contributed by atoms with van der Waals surface area (Å²) in [5, 5.41) is 8.51. The maximum atomic E-state index is 10.3. The van der Waals surface area contributed by atoms with Crippen molar-refractivity contribution in [3.8, 4) is 0 Å². The van der Waals surface area contributed by atoms with E-state index in [9.17, 15) is 4.79 Å². The van der Waals surface area contributed by atoms with Crippen LogP contribution >= 0.6 is 0 Å². The number of carboxylic acids is 1. The fourth-order valence-electron chi connectivity index (χ4n) is 2.77. The van der Waals surface area contributed by atoms with E-state index >= 15 is 0 Å². The Labute approximate surface area is 175 Å². The van der Waals surface area contributed by atoms with E-state index in [0.29, 0.717) is 6.42 Å². The molecule has 29 heavy (non-hydrogen) atoms. The van der Waals surface area contributed by atoms with E-state index in [1.807, 2.05) is 0 Å². The zero-order valence-corrected chi connectivity index (χ0v) is 18.0. The van der Waals surface area contributed by atoms with Crippen molar-refractivity contribution < 1.29 is 9.90 Å². The molecule has 1 aromatic rings. The van der Waals surface area contributed by atoms with Gasteiger partial charge in [0.15, 0.2) is 0 Å². The van der Waals surface area contributed by atoms with Crippen molar-refractivity contribution in [1.82, 2.24) is 15.0 Å². The molecule has 0 aliphatic carbocycles. The van der Waals surface area contributed by atoms with Crippen LogP contribution in [0.1, 0.15) is 96.8 Å². The number of allylic oxidation sites excluding steroid dienone is 2. The predicted octanol–water partition coefficient (Wildman–Crippen LogP) is 4.73. The molecule has 0 aliphatic heterocycles. The lowest BCUT2D eigenvalue weighted by molar-refractivity contribution is -0.137. The summed E-state index contributed by atoms with van der Waals surface area (Å²) in [7, 11) is 0. The minimum absolute atomic E-state index is 0.0417. The molecule has 1 aromatic heterocycles. The van der Waals surface area contributed by atoms with Gasteiger partial charge in [-0.2, -0.15) is 15.0 Å². The highest BCUT2D eigenvalue weighted by atomic mass is 16.4. The number of nitrogen functional groups attached to an aromatic ring is 3. The summed E-state index contributed by atoms with van der Waals surface area (Å²) in [4.78, 5) is 20.8. The monoisotopic (exact) mass is 408 g/mol. The second-order valence-corrected chi connectivity index (χ2v) is 7.14. The maximum absolute atomic E-state index is 10.3. The first-order valence-corrected chi connectivity index (χ1v) is 10.8. The number of aromatic nitrogens is 3. The van der Waals surface area contributed by atoms with Crippen LogP contribution < -0.4 is 17.2 Å². The Bertz CT molecular complexity index is 516. The number of nitrogens with two attached hydrogens (primary N) is 3. The van der Waals surface area contributed by atoms with Crippen LogP contribution in [-0.2, 0) is 4.79 Å². The van der Waals surface area contributed by atoms with Crippen molar-refractivity contribution >= 4 is 23.8 Å². The van der Waals surface area contributed by atoms with Crippen molar-refractivity contribution in [3.05, 3.63) is 12.2 Å². The first-order valence-electron chi connectivity index (χ1n) is 10.8. The normalized spacial score (nSPS) is 10.7. The van der Waals surface area contributed by atoms with E-state index in [-0.39, 0.29) is 17.8 Å². The summed E-state index contributed by atoms with van der Waals surface area (Å²) in [6.45, 7) is 2.26. The van der Waals surface area contributed by atoms with Crippen LogP contribution in [-0.4, -0.2) is 26.0 Å². The second-order valence-electron chi connectivity index (χ2n) is 7.14. The number of aliphatic carboxylic acids is 1. The number of anilines is 3. The molecule has 0 unspecified atom stereocenters. The van der Waals surface area contributed by atoms with Crippen molar-refractivity contribution in [2.75, 3.05) is 17.2 Å². The fraction of sp³-hybridized carbons (Fsp3) is 0.714. The van der Waals surface area contributed by atoms with Gasteiger partial charge in [-0.15, -0.1) is 0 Å². The molecule has 1 rings (SSSR count). The summed E-state index contributed by atoms with van der Waals surface area (Å²) in [6, 6.07) is 0. The van der Waals surface area contributed by atoms with Gasteiger partial charge in [0.25, 0.3) is 0 Å². The van der Waals surface area contributed by atoms with Crippen LogP contribution in [0, 0.1) is 0 Å². The van der Waals surface area contributed by atoms with Crippen LogP contribution in [0.5, 0.6) is 0 Å². The highest BCUT2D eigenvalue weighted by Gasteiger charge is 1.96. The number of carboxylic acid groups (broad SMARTS) is 1. The Kier molecular flexibility index (Phi) is 17.4. The SMILES string of the molecule is CCCCCCCCC=CCCCCCCCC(=O)O.Nc1nc(N)nc(N)n1. The Morgan fingerprint density at radius 3 is 1.52 bits per heavy atom. The topological polar surface area (TPSA) is 154 Å². The second kappa shape index (κ2) is 19.0. The van der Waals surface area contributed by atoms with Crippen LogP contribution in [0.3, 0.4) is 0 Å². The largest absolute Gasteiger partial charge is 0.481 e. The van der Waals surface area contributed by atoms with Crippen LogP contribution in [0.15, 0.2) is 12.2 Å². The highest BCUT2D eigenvalue weighted by molar-refractivity contribution is 5.66. The van der Waals surface area contributed by atoms with Gasteiger partial charge in [0.05, 0.1) is 0 Å². The van der Waals surface area contributed by atoms with Gasteiger partial charge in [-0.3, -0.25) is 4.79 Å². The molecule has 1 heterocycles. The Balaban J connectivity index is 0.000000717. The van der Waals surface area contributed by atoms with E-state index in [2.05, 4.69) is 34.0 Å². The number of rotatable bonds is 15. The molecule has 8 nitrogen and oxygen atoms in total. The number of hydrogen-bond acceptors (Lipinski definition) is 7. The lowest BCUT2D eigenvalue weighted by atomic mass is 10.1. The van der Waals surface area contributed by atoms with Crippen molar-refractivity contribution in [1.29, 1.82) is 0 Å². The Morgan fingerprint density at radius 1 is 0.724 bits per heavy atom. The van der Waals surface area contributed by atoms with E-state index in [0.717, 1.165) is 12.8 Å². The average molecular weight is 409 g/mol. The average Bonchev–Trinajstić information content (AvgIpc) is 2.64. The quantitative estimate of drug-likeness (QED) is 0.240. The summed E-state index contributed by atoms with van der Waals surface area (Å²) < 4.78 is 0. The van der Waals surface area contributed by atoms with Crippen LogP contribution in [0.2, 0.25) is 0 Å². The molecule has 0 radical (unpaired) electrons. The van der Waals surface area contributed by atoms with Crippen molar-refractivity contribution in [2.45, 2.75) is 96.8 Å². The molecule has 0 atom stereocenters. The molecule has 0 fully saturated rings. The van der Waals surface area contributed by atoms with Gasteiger partial charge < -0.3 is 22.3 Å². The van der Waals surface area contributed by atoms with Gasteiger partial charge in [0.1, 0.15) is 0 Å². The zero-order valence-electron chi connectivity index (χ0n) is 18.0. The zero-order chi connectivity index (χ0) is 21.7. The van der Waals surface area contributed by atoms with Gasteiger partial charge in [0.2, 0.25) is 17.8 Å². The standard InChI is InChI=1S/C18H34O2.C3H6N6/c1-2-3-4-5-6-7-8-9-10-11-12-13-14-15-16-17-18(19)20;4-1-7-2(5)9-3(6)8-1/h9-10H,2-8,11-17H2,1H3,(H,19,20);(H6,4,5,6,7,8,9). The molecule has 0 spiro atoms. The predicted molar refractivity (Wildman–Crippen MR) is 120 cm³/mol. The Morgan fingerprint density at radius 2 is 1.10 bits per heavy atom. The molecule has 0 saturated heterocycles. The van der Waals surface area contributed by atoms with E-state index in [4.69, 9.17) is 22.3 Å². The molecule has 0 aromatic carbocycles. The molecule has 166 valence electrons. The minimum Gasteiger partial charge on any atom is -0.481 e. The first kappa shape index (κ1) is 26.6. The summed E-state index contributed by atoms with van der Waals surface area (Å²) in [5.41, 5.74) is 15.4. The van der Waals surface area contributed by atoms with Gasteiger partial charge >= 0.3 is 5.97 Å².